The molecule has 0 bridgehead atoms. The maximum Gasteiger partial charge on any atom is 0.258 e. The second-order valence-corrected chi connectivity index (χ2v) is 9.05. The van der Waals surface area contributed by atoms with Gasteiger partial charge in [0.25, 0.3) is 5.91 Å². The highest BCUT2D eigenvalue weighted by atomic mass is 35.5. The number of thiazole rings is 1. The van der Waals surface area contributed by atoms with Gasteiger partial charge in [-0.25, -0.2) is 17.7 Å². The summed E-state index contributed by atoms with van der Waals surface area (Å²) < 4.78 is 24.6. The summed E-state index contributed by atoms with van der Waals surface area (Å²) in [5.74, 6) is -1.20. The van der Waals surface area contributed by atoms with E-state index in [1.54, 1.807) is 0 Å². The molecule has 25 heavy (non-hydrogen) atoms. The third-order valence-electron chi connectivity index (χ3n) is 3.76. The number of halogens is 1. The average Bonchev–Trinajstić information content (AvgIpc) is 2.97. The molecule has 0 unspecified atom stereocenters. The van der Waals surface area contributed by atoms with Crippen LogP contribution in [0.1, 0.15) is 27.3 Å². The predicted octanol–water partition coefficient (Wildman–Crippen LogP) is 2.73. The van der Waals surface area contributed by atoms with Gasteiger partial charge in [0.05, 0.1) is 27.7 Å². The van der Waals surface area contributed by atoms with Crippen LogP contribution in [0.25, 0.3) is 0 Å². The van der Waals surface area contributed by atoms with Crippen molar-refractivity contribution in [2.45, 2.75) is 20.3 Å². The van der Waals surface area contributed by atoms with Gasteiger partial charge in [0.2, 0.25) is 15.9 Å². The number of anilines is 2. The molecular formula is C15H14ClN3O4S2. The number of nitrogens with zero attached hydrogens (tertiary/aromatic N) is 2. The molecule has 10 heteroatoms. The highest BCUT2D eigenvalue weighted by Crippen LogP contribution is 2.30. The standard InChI is InChI=1S/C15H14ClN3O4S2/c1-8-9(2)24-15(17-8)18-14(21)11-4-3-10(7-12(11)16)19-13(20)5-6-25(19,22)23/h3-4,7H,5-6H2,1-2H3,(H,17,18,21). The Labute approximate surface area is 153 Å². The van der Waals surface area contributed by atoms with Gasteiger partial charge < -0.3 is 0 Å². The minimum atomic E-state index is -3.67. The molecule has 1 aromatic carbocycles. The van der Waals surface area contributed by atoms with Crippen molar-refractivity contribution in [3.05, 3.63) is 39.4 Å². The third kappa shape index (κ3) is 3.39. The first kappa shape index (κ1) is 17.8. The third-order valence-corrected chi connectivity index (χ3v) is 6.75. The zero-order chi connectivity index (χ0) is 18.4. The summed E-state index contributed by atoms with van der Waals surface area (Å²) in [6, 6.07) is 4.08. The molecule has 1 fully saturated rings. The summed E-state index contributed by atoms with van der Waals surface area (Å²) >= 11 is 7.48. The van der Waals surface area contributed by atoms with Crippen LogP contribution in [0, 0.1) is 13.8 Å². The van der Waals surface area contributed by atoms with Crippen LogP contribution in [-0.2, 0) is 14.8 Å². The Bertz CT molecular complexity index is 965. The number of nitrogens with one attached hydrogen (secondary N) is 1. The zero-order valence-corrected chi connectivity index (χ0v) is 15.8. The number of hydrogen-bond donors (Lipinski definition) is 1. The number of rotatable bonds is 3. The molecule has 2 heterocycles. The topological polar surface area (TPSA) is 96.4 Å². The molecule has 0 atom stereocenters. The fourth-order valence-electron chi connectivity index (χ4n) is 2.37. The van der Waals surface area contributed by atoms with E-state index in [9.17, 15) is 18.0 Å². The lowest BCUT2D eigenvalue weighted by atomic mass is 10.2. The maximum absolute atomic E-state index is 12.4. The maximum atomic E-state index is 12.4. The first-order chi connectivity index (χ1) is 11.7. The van der Waals surface area contributed by atoms with E-state index in [0.717, 1.165) is 14.9 Å². The molecule has 0 aliphatic carbocycles. The molecule has 1 saturated heterocycles. The Morgan fingerprint density at radius 3 is 2.60 bits per heavy atom. The van der Waals surface area contributed by atoms with Gasteiger partial charge in [0, 0.05) is 11.3 Å². The number of benzene rings is 1. The van der Waals surface area contributed by atoms with E-state index in [0.29, 0.717) is 5.13 Å². The molecule has 2 amide bonds. The highest BCUT2D eigenvalue weighted by molar-refractivity contribution is 7.94. The number of amides is 2. The molecule has 0 radical (unpaired) electrons. The first-order valence-electron chi connectivity index (χ1n) is 7.30. The van der Waals surface area contributed by atoms with Crippen LogP contribution in [0.3, 0.4) is 0 Å². The van der Waals surface area contributed by atoms with Crippen molar-refractivity contribution in [2.24, 2.45) is 0 Å². The van der Waals surface area contributed by atoms with Gasteiger partial charge in [-0.3, -0.25) is 14.9 Å². The molecule has 1 aliphatic heterocycles. The van der Waals surface area contributed by atoms with Crippen molar-refractivity contribution in [3.63, 3.8) is 0 Å². The summed E-state index contributed by atoms with van der Waals surface area (Å²) in [6.45, 7) is 3.74. The quantitative estimate of drug-likeness (QED) is 0.855. The number of carbonyl (C=O) groups excluding carboxylic acids is 2. The van der Waals surface area contributed by atoms with Crippen molar-refractivity contribution in [3.8, 4) is 0 Å². The van der Waals surface area contributed by atoms with Gasteiger partial charge in [-0.1, -0.05) is 11.6 Å². The van der Waals surface area contributed by atoms with Gasteiger partial charge in [0.1, 0.15) is 0 Å². The van der Waals surface area contributed by atoms with Crippen LogP contribution >= 0.6 is 22.9 Å². The Kier molecular flexibility index (Phi) is 4.56. The van der Waals surface area contributed by atoms with Crippen LogP contribution in [0.15, 0.2) is 18.2 Å². The first-order valence-corrected chi connectivity index (χ1v) is 10.1. The molecule has 1 aromatic heterocycles. The fourth-order valence-corrected chi connectivity index (χ4v) is 4.90. The summed E-state index contributed by atoms with van der Waals surface area (Å²) in [5.41, 5.74) is 1.13. The Morgan fingerprint density at radius 2 is 2.08 bits per heavy atom. The molecule has 1 aliphatic rings. The molecule has 3 rings (SSSR count). The van der Waals surface area contributed by atoms with Crippen LogP contribution in [0.4, 0.5) is 10.8 Å². The monoisotopic (exact) mass is 399 g/mol. The van der Waals surface area contributed by atoms with Crippen LogP contribution in [-0.4, -0.2) is 31.0 Å². The molecule has 132 valence electrons. The fraction of sp³-hybridized carbons (Fsp3) is 0.267. The Hall–Kier alpha value is -1.97. The lowest BCUT2D eigenvalue weighted by molar-refractivity contribution is -0.116. The molecule has 1 N–H and O–H groups in total. The van der Waals surface area contributed by atoms with Gasteiger partial charge in [-0.15, -0.1) is 11.3 Å². The lowest BCUT2D eigenvalue weighted by Crippen LogP contribution is -2.29. The molecule has 0 spiro atoms. The Morgan fingerprint density at radius 1 is 1.36 bits per heavy atom. The van der Waals surface area contributed by atoms with E-state index in [2.05, 4.69) is 10.3 Å². The highest BCUT2D eigenvalue weighted by Gasteiger charge is 2.36. The van der Waals surface area contributed by atoms with Crippen molar-refractivity contribution < 1.29 is 18.0 Å². The summed E-state index contributed by atoms with van der Waals surface area (Å²) in [7, 11) is -3.67. The molecule has 2 aromatic rings. The van der Waals surface area contributed by atoms with Crippen molar-refractivity contribution >= 4 is 55.6 Å². The second kappa shape index (κ2) is 6.40. The lowest BCUT2D eigenvalue weighted by Gasteiger charge is -2.16. The minimum absolute atomic E-state index is 0.0508. The number of sulfonamides is 1. The SMILES string of the molecule is Cc1nc(NC(=O)c2ccc(N3C(=O)CCS3(=O)=O)cc2Cl)sc1C. The van der Waals surface area contributed by atoms with E-state index < -0.39 is 21.8 Å². The second-order valence-electron chi connectivity index (χ2n) is 5.50. The van der Waals surface area contributed by atoms with Crippen LogP contribution in [0.5, 0.6) is 0 Å². The number of aromatic nitrogens is 1. The van der Waals surface area contributed by atoms with Gasteiger partial charge in [-0.2, -0.15) is 0 Å². The number of hydrogen-bond acceptors (Lipinski definition) is 6. The van der Waals surface area contributed by atoms with Crippen molar-refractivity contribution in [1.82, 2.24) is 4.98 Å². The molecule has 0 saturated carbocycles. The van der Waals surface area contributed by atoms with Crippen molar-refractivity contribution in [2.75, 3.05) is 15.4 Å². The van der Waals surface area contributed by atoms with Gasteiger partial charge in [-0.05, 0) is 32.0 Å². The number of aryl methyl sites for hydroxylation is 2. The van der Waals surface area contributed by atoms with E-state index in [1.165, 1.54) is 29.5 Å². The van der Waals surface area contributed by atoms with E-state index >= 15 is 0 Å². The van der Waals surface area contributed by atoms with Crippen molar-refractivity contribution in [1.29, 1.82) is 0 Å². The smallest absolute Gasteiger partial charge is 0.258 e. The van der Waals surface area contributed by atoms with Crippen LogP contribution < -0.4 is 9.62 Å². The van der Waals surface area contributed by atoms with E-state index in [-0.39, 0.29) is 28.4 Å². The summed E-state index contributed by atoms with van der Waals surface area (Å²) in [6.07, 6.45) is -0.0645. The normalized spacial score (nSPS) is 16.3. The molecular weight excluding hydrogens is 386 g/mol. The van der Waals surface area contributed by atoms with Gasteiger partial charge >= 0.3 is 0 Å². The predicted molar refractivity (Wildman–Crippen MR) is 96.9 cm³/mol. The summed E-state index contributed by atoms with van der Waals surface area (Å²) in [5, 5.41) is 3.17. The van der Waals surface area contributed by atoms with E-state index in [1.807, 2.05) is 13.8 Å². The number of carbonyl (C=O) groups is 2. The van der Waals surface area contributed by atoms with Gasteiger partial charge in [0.15, 0.2) is 5.13 Å². The van der Waals surface area contributed by atoms with Crippen LogP contribution in [0.2, 0.25) is 5.02 Å². The van der Waals surface area contributed by atoms with E-state index in [4.69, 9.17) is 11.6 Å². The summed E-state index contributed by atoms with van der Waals surface area (Å²) in [4.78, 5) is 29.4. The largest absolute Gasteiger partial charge is 0.298 e. The average molecular weight is 400 g/mol. The molecule has 7 nitrogen and oxygen atoms in total. The Balaban J connectivity index is 1.87. The zero-order valence-electron chi connectivity index (χ0n) is 13.4. The minimum Gasteiger partial charge on any atom is -0.298 e.